The number of hydrogen-bond acceptors (Lipinski definition) is 4. The van der Waals surface area contributed by atoms with Crippen LogP contribution in [0, 0.1) is 25.6 Å². The molecule has 126 valence electrons. The van der Waals surface area contributed by atoms with Crippen LogP contribution >= 0.6 is 0 Å². The molecule has 1 atom stereocenters. The fourth-order valence-electron chi connectivity index (χ4n) is 2.99. The fraction of sp³-hybridized carbons (Fsp3) is 0.412. The lowest BCUT2D eigenvalue weighted by Gasteiger charge is -2.31. The lowest BCUT2D eigenvalue weighted by molar-refractivity contribution is -0.143. The summed E-state index contributed by atoms with van der Waals surface area (Å²) in [5.41, 5.74) is 2.16. The summed E-state index contributed by atoms with van der Waals surface area (Å²) in [6.45, 7) is 4.14. The summed E-state index contributed by atoms with van der Waals surface area (Å²) in [5, 5.41) is 9.17. The summed E-state index contributed by atoms with van der Waals surface area (Å²) in [6, 6.07) is 2.40. The first-order chi connectivity index (χ1) is 11.4. The summed E-state index contributed by atoms with van der Waals surface area (Å²) < 4.78 is 13.9. The van der Waals surface area contributed by atoms with E-state index in [1.54, 1.807) is 13.8 Å². The van der Waals surface area contributed by atoms with E-state index in [1.807, 2.05) is 0 Å². The van der Waals surface area contributed by atoms with Crippen LogP contribution in [0.15, 0.2) is 12.1 Å². The smallest absolute Gasteiger partial charge is 0.308 e. The first-order valence-corrected chi connectivity index (χ1v) is 7.83. The van der Waals surface area contributed by atoms with Crippen LogP contribution in [-0.2, 0) is 4.79 Å². The molecule has 0 spiro atoms. The molecule has 0 saturated carbocycles. The summed E-state index contributed by atoms with van der Waals surface area (Å²) in [4.78, 5) is 34.2. The van der Waals surface area contributed by atoms with E-state index >= 15 is 0 Å². The number of aromatic nitrogens is 2. The number of piperidine rings is 1. The maximum Gasteiger partial charge on any atom is 0.308 e. The molecule has 1 N–H and O–H groups in total. The van der Waals surface area contributed by atoms with Gasteiger partial charge in [-0.25, -0.2) is 14.4 Å². The van der Waals surface area contributed by atoms with Gasteiger partial charge in [-0.1, -0.05) is 0 Å². The number of carbonyl (C=O) groups excluding carboxylic acids is 1. The van der Waals surface area contributed by atoms with Crippen molar-refractivity contribution < 1.29 is 19.1 Å². The van der Waals surface area contributed by atoms with Gasteiger partial charge in [0.25, 0.3) is 5.91 Å². The molecule has 1 aromatic heterocycles. The highest BCUT2D eigenvalue weighted by Gasteiger charge is 2.30. The van der Waals surface area contributed by atoms with Crippen molar-refractivity contribution in [3.63, 3.8) is 0 Å². The maximum absolute atomic E-state index is 13.9. The molecule has 1 amide bonds. The number of fused-ring (bicyclic) bond motifs is 1. The number of carboxylic acids is 1. The summed E-state index contributed by atoms with van der Waals surface area (Å²) in [6.07, 6.45) is 1.15. The number of aryl methyl sites for hydroxylation is 2. The van der Waals surface area contributed by atoms with Crippen LogP contribution in [0.4, 0.5) is 4.39 Å². The van der Waals surface area contributed by atoms with Crippen molar-refractivity contribution in [3.8, 4) is 0 Å². The highest BCUT2D eigenvalue weighted by molar-refractivity contribution is 6.05. The van der Waals surface area contributed by atoms with Crippen LogP contribution < -0.4 is 0 Å². The summed E-state index contributed by atoms with van der Waals surface area (Å²) in [5.74, 6) is -2.46. The molecule has 0 aliphatic carbocycles. The van der Waals surface area contributed by atoms with Crippen molar-refractivity contribution in [2.45, 2.75) is 26.7 Å². The van der Waals surface area contributed by atoms with Gasteiger partial charge in [-0.15, -0.1) is 0 Å². The van der Waals surface area contributed by atoms with Gasteiger partial charge in [-0.05, 0) is 32.8 Å². The van der Waals surface area contributed by atoms with Gasteiger partial charge >= 0.3 is 5.97 Å². The number of aliphatic carboxylic acids is 1. The number of amides is 1. The minimum Gasteiger partial charge on any atom is -0.481 e. The molecule has 3 rings (SSSR count). The lowest BCUT2D eigenvalue weighted by Crippen LogP contribution is -2.42. The molecule has 2 heterocycles. The number of hydrogen-bond donors (Lipinski definition) is 1. The van der Waals surface area contributed by atoms with Gasteiger partial charge in [0.05, 0.1) is 28.4 Å². The fourth-order valence-corrected chi connectivity index (χ4v) is 2.99. The molecule has 1 aliphatic heterocycles. The van der Waals surface area contributed by atoms with Crippen LogP contribution in [0.25, 0.3) is 11.0 Å². The van der Waals surface area contributed by atoms with Gasteiger partial charge in [0.2, 0.25) is 0 Å². The van der Waals surface area contributed by atoms with Crippen LogP contribution in [0.5, 0.6) is 0 Å². The average molecular weight is 331 g/mol. The Morgan fingerprint density at radius 3 is 2.67 bits per heavy atom. The van der Waals surface area contributed by atoms with Crippen LogP contribution in [0.1, 0.15) is 34.6 Å². The topological polar surface area (TPSA) is 83.4 Å². The van der Waals surface area contributed by atoms with Gasteiger partial charge in [-0.3, -0.25) is 9.59 Å². The largest absolute Gasteiger partial charge is 0.481 e. The van der Waals surface area contributed by atoms with E-state index in [2.05, 4.69) is 9.97 Å². The first kappa shape index (κ1) is 16.3. The van der Waals surface area contributed by atoms with Crippen LogP contribution in [0.2, 0.25) is 0 Å². The van der Waals surface area contributed by atoms with Crippen LogP contribution in [0.3, 0.4) is 0 Å². The third-order valence-corrected chi connectivity index (χ3v) is 4.43. The van der Waals surface area contributed by atoms with Gasteiger partial charge in [0, 0.05) is 19.2 Å². The Bertz CT molecular complexity index is 837. The summed E-state index contributed by atoms with van der Waals surface area (Å²) in [7, 11) is 0. The number of halogens is 1. The third kappa shape index (κ3) is 2.93. The van der Waals surface area contributed by atoms with Crippen molar-refractivity contribution >= 4 is 22.9 Å². The molecule has 1 saturated heterocycles. The zero-order valence-corrected chi connectivity index (χ0v) is 13.5. The maximum atomic E-state index is 13.9. The molecule has 0 radical (unpaired) electrons. The second kappa shape index (κ2) is 6.14. The van der Waals surface area contributed by atoms with Gasteiger partial charge in [0.15, 0.2) is 0 Å². The average Bonchev–Trinajstić information content (AvgIpc) is 2.55. The SMILES string of the molecule is Cc1nc2cc(F)cc(C(=O)N3CCC[C@H](C(=O)O)C3)c2nc1C. The number of rotatable bonds is 2. The Labute approximate surface area is 138 Å². The van der Waals surface area contributed by atoms with Crippen molar-refractivity contribution in [1.29, 1.82) is 0 Å². The van der Waals surface area contributed by atoms with Gasteiger partial charge in [-0.2, -0.15) is 0 Å². The zero-order chi connectivity index (χ0) is 17.4. The van der Waals surface area contributed by atoms with Crippen molar-refractivity contribution in [1.82, 2.24) is 14.9 Å². The van der Waals surface area contributed by atoms with Crippen molar-refractivity contribution in [3.05, 3.63) is 34.9 Å². The molecule has 1 aromatic carbocycles. The number of nitrogens with zero attached hydrogens (tertiary/aromatic N) is 3. The molecular formula is C17H18FN3O3. The van der Waals surface area contributed by atoms with Crippen molar-refractivity contribution in [2.75, 3.05) is 13.1 Å². The Kier molecular flexibility index (Phi) is 4.17. The number of carbonyl (C=O) groups is 2. The molecule has 0 bridgehead atoms. The molecule has 1 aliphatic rings. The standard InChI is InChI=1S/C17H18FN3O3/c1-9-10(2)20-15-13(6-12(18)7-14(15)19-9)16(22)21-5-3-4-11(8-21)17(23)24/h6-7,11H,3-5,8H2,1-2H3,(H,23,24)/t11-/m0/s1. The Morgan fingerprint density at radius 2 is 1.96 bits per heavy atom. The monoisotopic (exact) mass is 331 g/mol. The lowest BCUT2D eigenvalue weighted by atomic mass is 9.97. The second-order valence-corrected chi connectivity index (χ2v) is 6.14. The molecule has 0 unspecified atom stereocenters. The van der Waals surface area contributed by atoms with Gasteiger partial charge in [0.1, 0.15) is 11.3 Å². The first-order valence-electron chi connectivity index (χ1n) is 7.83. The third-order valence-electron chi connectivity index (χ3n) is 4.43. The highest BCUT2D eigenvalue weighted by atomic mass is 19.1. The summed E-state index contributed by atoms with van der Waals surface area (Å²) >= 11 is 0. The number of likely N-dealkylation sites (tertiary alicyclic amines) is 1. The Balaban J connectivity index is 2.03. The predicted molar refractivity (Wildman–Crippen MR) is 85.2 cm³/mol. The molecule has 1 fully saturated rings. The number of benzene rings is 1. The van der Waals surface area contributed by atoms with Crippen molar-refractivity contribution in [2.24, 2.45) is 5.92 Å². The Morgan fingerprint density at radius 1 is 1.25 bits per heavy atom. The van der Waals surface area contributed by atoms with Crippen LogP contribution in [-0.4, -0.2) is 44.9 Å². The normalized spacial score (nSPS) is 18.0. The minimum atomic E-state index is -0.914. The molecular weight excluding hydrogens is 313 g/mol. The molecule has 24 heavy (non-hydrogen) atoms. The van der Waals surface area contributed by atoms with E-state index in [4.69, 9.17) is 0 Å². The second-order valence-electron chi connectivity index (χ2n) is 6.14. The molecule has 6 nitrogen and oxygen atoms in total. The van der Waals surface area contributed by atoms with E-state index in [0.29, 0.717) is 41.8 Å². The quantitative estimate of drug-likeness (QED) is 0.913. The van der Waals surface area contributed by atoms with E-state index in [-0.39, 0.29) is 12.1 Å². The molecule has 2 aromatic rings. The molecule has 7 heteroatoms. The number of carboxylic acid groups (broad SMARTS) is 1. The predicted octanol–water partition coefficient (Wildman–Crippen LogP) is 2.32. The minimum absolute atomic E-state index is 0.129. The van der Waals surface area contributed by atoms with E-state index in [9.17, 15) is 19.1 Å². The highest BCUT2D eigenvalue weighted by Crippen LogP contribution is 2.24. The Hall–Kier alpha value is -2.57. The van der Waals surface area contributed by atoms with Gasteiger partial charge < -0.3 is 10.0 Å². The van der Waals surface area contributed by atoms with E-state index in [1.165, 1.54) is 11.0 Å². The van der Waals surface area contributed by atoms with E-state index in [0.717, 1.165) is 6.07 Å². The van der Waals surface area contributed by atoms with E-state index < -0.39 is 23.6 Å². The zero-order valence-electron chi connectivity index (χ0n) is 13.5.